The van der Waals surface area contributed by atoms with E-state index in [4.69, 9.17) is 4.74 Å². The normalized spacial score (nSPS) is 10.1. The van der Waals surface area contributed by atoms with Gasteiger partial charge in [-0.2, -0.15) is 0 Å². The Morgan fingerprint density at radius 3 is 2.09 bits per heavy atom. The monoisotopic (exact) mass is 297 g/mol. The minimum Gasteiger partial charge on any atom is -0.497 e. The molecule has 0 aromatic heterocycles. The molecule has 0 aliphatic heterocycles. The highest BCUT2D eigenvalue weighted by atomic mass is 16.5. The Kier molecular flexibility index (Phi) is 5.31. The second kappa shape index (κ2) is 7.41. The van der Waals surface area contributed by atoms with Gasteiger partial charge < -0.3 is 10.1 Å². The summed E-state index contributed by atoms with van der Waals surface area (Å²) in [5.74, 6) is 0.769. The smallest absolute Gasteiger partial charge is 0.224 e. The molecule has 1 N–H and O–H groups in total. The molecule has 0 saturated heterocycles. The van der Waals surface area contributed by atoms with Crippen molar-refractivity contribution in [1.82, 2.24) is 5.32 Å². The molecule has 0 unspecified atom stereocenters. The molecule has 0 heterocycles. The number of nitrogens with one attached hydrogen (secondary N) is 1. The average molecular weight is 297 g/mol. The standard InChI is InChI=1S/C18H19NO3/c1-13(20)16-7-3-15(4-8-16)12-19-18(21)11-14-5-9-17(22-2)10-6-14/h3-10H,11-12H2,1-2H3,(H,19,21). The Balaban J connectivity index is 1.85. The number of carbonyl (C=O) groups is 2. The van der Waals surface area contributed by atoms with Crippen molar-refractivity contribution in [1.29, 1.82) is 0 Å². The predicted molar refractivity (Wildman–Crippen MR) is 85.0 cm³/mol. The maximum absolute atomic E-state index is 11.9. The molecule has 4 heteroatoms. The number of hydrogen-bond acceptors (Lipinski definition) is 3. The van der Waals surface area contributed by atoms with E-state index < -0.39 is 0 Å². The van der Waals surface area contributed by atoms with Gasteiger partial charge in [-0.05, 0) is 30.2 Å². The van der Waals surface area contributed by atoms with E-state index in [0.717, 1.165) is 16.9 Å². The van der Waals surface area contributed by atoms with Crippen LogP contribution in [0.4, 0.5) is 0 Å². The van der Waals surface area contributed by atoms with Crippen molar-refractivity contribution in [3.63, 3.8) is 0 Å². The molecule has 22 heavy (non-hydrogen) atoms. The van der Waals surface area contributed by atoms with Crippen LogP contribution in [0.1, 0.15) is 28.4 Å². The SMILES string of the molecule is COc1ccc(CC(=O)NCc2ccc(C(C)=O)cc2)cc1. The van der Waals surface area contributed by atoms with Crippen molar-refractivity contribution in [3.05, 3.63) is 65.2 Å². The Morgan fingerprint density at radius 2 is 1.55 bits per heavy atom. The second-order valence-corrected chi connectivity index (χ2v) is 5.05. The third kappa shape index (κ3) is 4.45. The van der Waals surface area contributed by atoms with Crippen LogP contribution in [0, 0.1) is 0 Å². The van der Waals surface area contributed by atoms with Gasteiger partial charge in [-0.25, -0.2) is 0 Å². The zero-order valence-corrected chi connectivity index (χ0v) is 12.8. The molecule has 4 nitrogen and oxygen atoms in total. The van der Waals surface area contributed by atoms with Gasteiger partial charge in [0.1, 0.15) is 5.75 Å². The van der Waals surface area contributed by atoms with Crippen LogP contribution < -0.4 is 10.1 Å². The second-order valence-electron chi connectivity index (χ2n) is 5.05. The van der Waals surface area contributed by atoms with Gasteiger partial charge in [-0.3, -0.25) is 9.59 Å². The summed E-state index contributed by atoms with van der Waals surface area (Å²) in [5.41, 5.74) is 2.58. The van der Waals surface area contributed by atoms with E-state index in [2.05, 4.69) is 5.32 Å². The van der Waals surface area contributed by atoms with Crippen molar-refractivity contribution >= 4 is 11.7 Å². The number of rotatable bonds is 6. The van der Waals surface area contributed by atoms with Crippen LogP contribution in [0.5, 0.6) is 5.75 Å². The number of ether oxygens (including phenoxy) is 1. The van der Waals surface area contributed by atoms with Crippen molar-refractivity contribution in [3.8, 4) is 5.75 Å². The van der Waals surface area contributed by atoms with Gasteiger partial charge >= 0.3 is 0 Å². The Bertz CT molecular complexity index is 645. The zero-order chi connectivity index (χ0) is 15.9. The van der Waals surface area contributed by atoms with E-state index >= 15 is 0 Å². The fraction of sp³-hybridized carbons (Fsp3) is 0.222. The number of amides is 1. The summed E-state index contributed by atoms with van der Waals surface area (Å²) in [4.78, 5) is 23.1. The third-order valence-electron chi connectivity index (χ3n) is 3.37. The van der Waals surface area contributed by atoms with Crippen LogP contribution in [0.15, 0.2) is 48.5 Å². The van der Waals surface area contributed by atoms with Gasteiger partial charge in [0.25, 0.3) is 0 Å². The summed E-state index contributed by atoms with van der Waals surface area (Å²) in [6.45, 7) is 1.98. The lowest BCUT2D eigenvalue weighted by Gasteiger charge is -2.07. The van der Waals surface area contributed by atoms with Crippen molar-refractivity contribution in [2.75, 3.05) is 7.11 Å². The van der Waals surface area contributed by atoms with Gasteiger partial charge in [-0.15, -0.1) is 0 Å². The maximum Gasteiger partial charge on any atom is 0.224 e. The first-order valence-electron chi connectivity index (χ1n) is 7.08. The lowest BCUT2D eigenvalue weighted by atomic mass is 10.1. The third-order valence-corrected chi connectivity index (χ3v) is 3.37. The summed E-state index contributed by atoms with van der Waals surface area (Å²) in [7, 11) is 1.61. The number of carbonyl (C=O) groups excluding carboxylic acids is 2. The van der Waals surface area contributed by atoms with Crippen LogP contribution in [0.3, 0.4) is 0 Å². The molecular weight excluding hydrogens is 278 g/mol. The van der Waals surface area contributed by atoms with Gasteiger partial charge in [0.05, 0.1) is 13.5 Å². The first kappa shape index (κ1) is 15.8. The molecular formula is C18H19NO3. The van der Waals surface area contributed by atoms with Gasteiger partial charge in [-0.1, -0.05) is 36.4 Å². The quantitative estimate of drug-likeness (QED) is 0.834. The molecule has 0 spiro atoms. The number of methoxy groups -OCH3 is 1. The fourth-order valence-electron chi connectivity index (χ4n) is 2.05. The highest BCUT2D eigenvalue weighted by Gasteiger charge is 2.04. The van der Waals surface area contributed by atoms with Crippen LogP contribution in [-0.2, 0) is 17.8 Å². The summed E-state index contributed by atoms with van der Waals surface area (Å²) in [6, 6.07) is 14.7. The number of ketones is 1. The maximum atomic E-state index is 11.9. The summed E-state index contributed by atoms with van der Waals surface area (Å²) < 4.78 is 5.08. The fourth-order valence-corrected chi connectivity index (χ4v) is 2.05. The minimum atomic E-state index is -0.0409. The molecule has 0 bridgehead atoms. The van der Waals surface area contributed by atoms with Crippen molar-refractivity contribution in [2.45, 2.75) is 19.9 Å². The lowest BCUT2D eigenvalue weighted by molar-refractivity contribution is -0.120. The molecule has 0 fully saturated rings. The lowest BCUT2D eigenvalue weighted by Crippen LogP contribution is -2.24. The average Bonchev–Trinajstić information content (AvgIpc) is 2.54. The Labute approximate surface area is 130 Å². The Morgan fingerprint density at radius 1 is 0.955 bits per heavy atom. The molecule has 0 saturated carbocycles. The first-order chi connectivity index (χ1) is 10.6. The van der Waals surface area contributed by atoms with Crippen molar-refractivity contribution in [2.24, 2.45) is 0 Å². The molecule has 2 aromatic carbocycles. The highest BCUT2D eigenvalue weighted by Crippen LogP contribution is 2.11. The minimum absolute atomic E-state index is 0.0371. The Hall–Kier alpha value is -2.62. The molecule has 114 valence electrons. The van der Waals surface area contributed by atoms with E-state index in [9.17, 15) is 9.59 Å². The largest absolute Gasteiger partial charge is 0.497 e. The van der Waals surface area contributed by atoms with E-state index in [1.807, 2.05) is 36.4 Å². The first-order valence-corrected chi connectivity index (χ1v) is 7.08. The van der Waals surface area contributed by atoms with Crippen molar-refractivity contribution < 1.29 is 14.3 Å². The predicted octanol–water partition coefficient (Wildman–Crippen LogP) is 2.76. The molecule has 0 aliphatic rings. The van der Waals surface area contributed by atoms with Gasteiger partial charge in [0, 0.05) is 12.1 Å². The zero-order valence-electron chi connectivity index (χ0n) is 12.8. The molecule has 0 radical (unpaired) electrons. The summed E-state index contributed by atoms with van der Waals surface area (Å²) in [6.07, 6.45) is 0.329. The van der Waals surface area contributed by atoms with E-state index in [-0.39, 0.29) is 11.7 Å². The summed E-state index contributed by atoms with van der Waals surface area (Å²) >= 11 is 0. The number of Topliss-reactive ketones (excluding diaryl/α,β-unsaturated/α-hetero) is 1. The van der Waals surface area contributed by atoms with Crippen LogP contribution >= 0.6 is 0 Å². The number of benzene rings is 2. The molecule has 0 aliphatic carbocycles. The van der Waals surface area contributed by atoms with E-state index in [1.54, 1.807) is 19.2 Å². The summed E-state index contributed by atoms with van der Waals surface area (Å²) in [5, 5.41) is 2.87. The van der Waals surface area contributed by atoms with Gasteiger partial charge in [0.15, 0.2) is 5.78 Å². The molecule has 1 amide bonds. The number of hydrogen-bond donors (Lipinski definition) is 1. The topological polar surface area (TPSA) is 55.4 Å². The molecule has 2 rings (SSSR count). The van der Waals surface area contributed by atoms with Crippen LogP contribution in [0.2, 0.25) is 0 Å². The van der Waals surface area contributed by atoms with E-state index in [0.29, 0.717) is 18.5 Å². The van der Waals surface area contributed by atoms with E-state index in [1.165, 1.54) is 6.92 Å². The van der Waals surface area contributed by atoms with Crippen LogP contribution in [-0.4, -0.2) is 18.8 Å². The molecule has 0 atom stereocenters. The highest BCUT2D eigenvalue weighted by molar-refractivity contribution is 5.94. The van der Waals surface area contributed by atoms with Gasteiger partial charge in [0.2, 0.25) is 5.91 Å². The van der Waals surface area contributed by atoms with Crippen LogP contribution in [0.25, 0.3) is 0 Å². The molecule has 2 aromatic rings.